The Morgan fingerprint density at radius 1 is 1.17 bits per heavy atom. The third-order valence-corrected chi connectivity index (χ3v) is 8.57. The molecule has 1 aliphatic rings. The highest BCUT2D eigenvalue weighted by molar-refractivity contribution is 7.99. The molecule has 1 aliphatic heterocycles. The van der Waals surface area contributed by atoms with Gasteiger partial charge in [0.25, 0.3) is 0 Å². The second-order valence-corrected chi connectivity index (χ2v) is 11.5. The van der Waals surface area contributed by atoms with Crippen molar-refractivity contribution in [2.24, 2.45) is 11.8 Å². The van der Waals surface area contributed by atoms with Crippen LogP contribution >= 0.6 is 11.8 Å². The van der Waals surface area contributed by atoms with Crippen molar-refractivity contribution < 1.29 is 37.7 Å². The Morgan fingerprint density at radius 2 is 2.00 bits per heavy atom. The van der Waals surface area contributed by atoms with Crippen LogP contribution in [0.15, 0.2) is 59.6 Å². The topological polar surface area (TPSA) is 92.1 Å². The molecule has 0 unspecified atom stereocenters. The Bertz CT molecular complexity index is 1310. The van der Waals surface area contributed by atoms with E-state index in [2.05, 4.69) is 14.6 Å². The summed E-state index contributed by atoms with van der Waals surface area (Å²) in [5, 5.41) is 21.5. The van der Waals surface area contributed by atoms with Crippen molar-refractivity contribution in [2.45, 2.75) is 49.5 Å². The van der Waals surface area contributed by atoms with E-state index in [1.807, 2.05) is 24.3 Å². The molecule has 0 spiro atoms. The number of benzene rings is 2. The quantitative estimate of drug-likeness (QED) is 0.171. The maximum absolute atomic E-state index is 12.5. The molecule has 1 saturated heterocycles. The molecule has 4 rings (SSSR count). The number of hydrogen-bond donors (Lipinski definition) is 2. The molecule has 2 N–H and O–H groups in total. The maximum Gasteiger partial charge on any atom is 0.573 e. The third kappa shape index (κ3) is 9.24. The van der Waals surface area contributed by atoms with Crippen molar-refractivity contribution in [3.8, 4) is 11.5 Å². The molecule has 1 aromatic heterocycles. The third-order valence-electron chi connectivity index (χ3n) is 7.49. The van der Waals surface area contributed by atoms with Crippen molar-refractivity contribution in [3.05, 3.63) is 60.3 Å². The van der Waals surface area contributed by atoms with Gasteiger partial charge in [0.1, 0.15) is 11.5 Å². The van der Waals surface area contributed by atoms with Gasteiger partial charge in [-0.3, -0.25) is 9.78 Å². The van der Waals surface area contributed by atoms with Gasteiger partial charge < -0.3 is 24.6 Å². The average molecular weight is 593 g/mol. The number of thioether (sulfide) groups is 1. The number of carboxylic acid groups (broad SMARTS) is 1. The molecular weight excluding hydrogens is 557 g/mol. The fourth-order valence-corrected chi connectivity index (χ4v) is 6.41. The summed E-state index contributed by atoms with van der Waals surface area (Å²) in [6.45, 7) is 2.29. The second kappa shape index (κ2) is 14.2. The van der Waals surface area contributed by atoms with E-state index in [0.29, 0.717) is 30.0 Å². The van der Waals surface area contributed by atoms with Crippen molar-refractivity contribution >= 4 is 28.6 Å². The highest BCUT2D eigenvalue weighted by Crippen LogP contribution is 2.35. The minimum Gasteiger partial charge on any atom is -0.497 e. The number of likely N-dealkylation sites (tertiary alicyclic amines) is 1. The van der Waals surface area contributed by atoms with Crippen molar-refractivity contribution in [1.82, 2.24) is 9.88 Å². The zero-order valence-corrected chi connectivity index (χ0v) is 23.7. The first-order valence-electron chi connectivity index (χ1n) is 13.6. The van der Waals surface area contributed by atoms with Crippen LogP contribution in [0.3, 0.4) is 0 Å². The summed E-state index contributed by atoms with van der Waals surface area (Å²) in [7, 11) is 1.59. The number of alkyl halides is 3. The summed E-state index contributed by atoms with van der Waals surface area (Å²) < 4.78 is 46.8. The Balaban J connectivity index is 1.28. The number of aromatic nitrogens is 1. The fraction of sp³-hybridized carbons (Fsp3) is 0.467. The van der Waals surface area contributed by atoms with E-state index in [1.165, 1.54) is 30.0 Å². The number of hydrogen-bond acceptors (Lipinski definition) is 7. The maximum atomic E-state index is 12.5. The average Bonchev–Trinajstić information content (AvgIpc) is 2.93. The molecule has 11 heteroatoms. The molecule has 3 atom stereocenters. The number of piperidine rings is 1. The monoisotopic (exact) mass is 592 g/mol. The van der Waals surface area contributed by atoms with Crippen LogP contribution in [0.2, 0.25) is 0 Å². The van der Waals surface area contributed by atoms with Crippen LogP contribution in [-0.4, -0.2) is 64.9 Å². The minimum atomic E-state index is -4.72. The van der Waals surface area contributed by atoms with Gasteiger partial charge in [-0.15, -0.1) is 24.9 Å². The van der Waals surface area contributed by atoms with Crippen LogP contribution in [0.5, 0.6) is 11.5 Å². The molecule has 2 heterocycles. The lowest BCUT2D eigenvalue weighted by atomic mass is 9.79. The van der Waals surface area contributed by atoms with Crippen molar-refractivity contribution in [2.75, 3.05) is 32.5 Å². The van der Waals surface area contributed by atoms with Gasteiger partial charge in [0, 0.05) is 29.4 Å². The predicted octanol–water partition coefficient (Wildman–Crippen LogP) is 6.55. The number of aliphatic hydroxyl groups is 1. The molecule has 7 nitrogen and oxygen atoms in total. The minimum absolute atomic E-state index is 0.0217. The van der Waals surface area contributed by atoms with Gasteiger partial charge in [-0.1, -0.05) is 6.07 Å². The van der Waals surface area contributed by atoms with E-state index in [9.17, 15) is 28.2 Å². The summed E-state index contributed by atoms with van der Waals surface area (Å²) in [4.78, 5) is 19.0. The van der Waals surface area contributed by atoms with E-state index < -0.39 is 18.4 Å². The number of aliphatic carboxylic acids is 1. The number of rotatable bonds is 13. The molecule has 0 bridgehead atoms. The van der Waals surface area contributed by atoms with Gasteiger partial charge in [-0.05, 0) is 104 Å². The highest BCUT2D eigenvalue weighted by Gasteiger charge is 2.32. The first-order chi connectivity index (χ1) is 19.6. The van der Waals surface area contributed by atoms with Crippen LogP contribution in [0.25, 0.3) is 10.9 Å². The van der Waals surface area contributed by atoms with Gasteiger partial charge in [-0.2, -0.15) is 0 Å². The summed E-state index contributed by atoms with van der Waals surface area (Å²) in [6.07, 6.45) is -0.763. The lowest BCUT2D eigenvalue weighted by Crippen LogP contribution is -2.42. The fourth-order valence-electron chi connectivity index (χ4n) is 5.53. The van der Waals surface area contributed by atoms with Crippen LogP contribution in [-0.2, 0) is 4.79 Å². The number of halogens is 3. The van der Waals surface area contributed by atoms with Crippen molar-refractivity contribution in [3.63, 3.8) is 0 Å². The van der Waals surface area contributed by atoms with Gasteiger partial charge in [0.05, 0.1) is 18.7 Å². The summed E-state index contributed by atoms with van der Waals surface area (Å²) >= 11 is 1.47. The molecule has 3 aromatic rings. The molecular formula is C30H35F3N2O5S. The number of pyridine rings is 1. The highest BCUT2D eigenvalue weighted by atomic mass is 32.2. The van der Waals surface area contributed by atoms with Gasteiger partial charge >= 0.3 is 12.3 Å². The Morgan fingerprint density at radius 3 is 2.76 bits per heavy atom. The lowest BCUT2D eigenvalue weighted by Gasteiger charge is -2.38. The smallest absolute Gasteiger partial charge is 0.497 e. The molecule has 0 saturated carbocycles. The molecule has 0 amide bonds. The molecule has 2 aromatic carbocycles. The largest absolute Gasteiger partial charge is 0.573 e. The Labute approximate surface area is 241 Å². The normalized spacial score (nSPS) is 18.8. The molecule has 222 valence electrons. The number of nitrogens with zero attached hydrogens (tertiary/aromatic N) is 2. The van der Waals surface area contributed by atoms with Gasteiger partial charge in [0.2, 0.25) is 0 Å². The zero-order chi connectivity index (χ0) is 29.4. The SMILES string of the molecule is COc1ccc2nccc([C@H](O)CC[C@@H]3CCN(CCCSc4cccc(OC(F)(F)F)c4)C[C@@H]3CC(=O)O)c2c1. The first kappa shape index (κ1) is 30.9. The molecule has 41 heavy (non-hydrogen) atoms. The number of methoxy groups -OCH3 is 1. The number of carbonyl (C=O) groups is 1. The summed E-state index contributed by atoms with van der Waals surface area (Å²) in [6, 6.07) is 13.3. The van der Waals surface area contributed by atoms with E-state index in [4.69, 9.17) is 4.74 Å². The van der Waals surface area contributed by atoms with Crippen LogP contribution in [0.1, 0.15) is 43.8 Å². The number of fused-ring (bicyclic) bond motifs is 1. The molecule has 1 fully saturated rings. The van der Waals surface area contributed by atoms with E-state index in [-0.39, 0.29) is 24.0 Å². The summed E-state index contributed by atoms with van der Waals surface area (Å²) in [5.74, 6) is 0.511. The van der Waals surface area contributed by atoms with E-state index in [0.717, 1.165) is 48.2 Å². The number of carboxylic acids is 1. The lowest BCUT2D eigenvalue weighted by molar-refractivity contribution is -0.274. The Kier molecular flexibility index (Phi) is 10.7. The zero-order valence-electron chi connectivity index (χ0n) is 22.8. The Hall–Kier alpha value is -3.02. The van der Waals surface area contributed by atoms with Crippen molar-refractivity contribution in [1.29, 1.82) is 0 Å². The van der Waals surface area contributed by atoms with Crippen LogP contribution < -0.4 is 9.47 Å². The van der Waals surface area contributed by atoms with Gasteiger partial charge in [-0.25, -0.2) is 0 Å². The second-order valence-electron chi connectivity index (χ2n) is 10.3. The molecule has 0 radical (unpaired) electrons. The number of ether oxygens (including phenoxy) is 2. The molecule has 0 aliphatic carbocycles. The van der Waals surface area contributed by atoms with E-state index >= 15 is 0 Å². The predicted molar refractivity (Wildman–Crippen MR) is 151 cm³/mol. The van der Waals surface area contributed by atoms with Crippen LogP contribution in [0, 0.1) is 11.8 Å². The van der Waals surface area contributed by atoms with E-state index in [1.54, 1.807) is 19.4 Å². The number of aliphatic hydroxyl groups excluding tert-OH is 1. The standard InChI is InChI=1S/C30H35F3N2O5S/c1-39-22-7-8-27-26(18-22)25(10-12-34-27)28(36)9-6-20-11-14-35(19-21(20)16-29(37)38)13-3-15-41-24-5-2-4-23(17-24)40-30(31,32)33/h2,4-5,7-8,10,12,17-18,20-21,28,36H,3,6,9,11,13-16,19H2,1H3,(H,37,38)/t20-,21+,28-/m1/s1. The first-order valence-corrected chi connectivity index (χ1v) is 14.6. The summed E-state index contributed by atoms with van der Waals surface area (Å²) in [5.41, 5.74) is 1.56. The van der Waals surface area contributed by atoms with Crippen LogP contribution in [0.4, 0.5) is 13.2 Å². The van der Waals surface area contributed by atoms with Gasteiger partial charge in [0.15, 0.2) is 0 Å².